The Labute approximate surface area is 199 Å². The van der Waals surface area contributed by atoms with E-state index in [1.165, 1.54) is 14.2 Å². The molecule has 2 N–H and O–H groups in total. The first-order chi connectivity index (χ1) is 15.5. The third-order valence-electron chi connectivity index (χ3n) is 4.63. The van der Waals surface area contributed by atoms with E-state index in [9.17, 15) is 4.79 Å². The van der Waals surface area contributed by atoms with Crippen molar-refractivity contribution in [3.8, 4) is 22.1 Å². The summed E-state index contributed by atoms with van der Waals surface area (Å²) in [6.07, 6.45) is 0. The molecular weight excluding hydrogens is 466 g/mol. The van der Waals surface area contributed by atoms with Crippen LogP contribution in [0.1, 0.15) is 10.4 Å². The minimum atomic E-state index is -0.447. The van der Waals surface area contributed by atoms with E-state index in [1.807, 2.05) is 30.3 Å². The fraction of sp³-hybridized carbons (Fsp3) is 0.0870. The molecule has 9 heteroatoms. The first-order valence-electron chi connectivity index (χ1n) is 9.49. The summed E-state index contributed by atoms with van der Waals surface area (Å²) in [7, 11) is 2.97. The number of amides is 1. The highest BCUT2D eigenvalue weighted by Crippen LogP contribution is 2.36. The second kappa shape index (κ2) is 9.52. The summed E-state index contributed by atoms with van der Waals surface area (Å²) in [5, 5.41) is 7.19. The van der Waals surface area contributed by atoms with Crippen molar-refractivity contribution in [3.05, 3.63) is 71.2 Å². The molecule has 0 atom stereocenters. The molecule has 0 spiro atoms. The molecule has 0 fully saturated rings. The van der Waals surface area contributed by atoms with E-state index in [-0.39, 0.29) is 10.7 Å². The Balaban J connectivity index is 1.54. The standard InChI is InChI=1S/C23H18ClN3O3S2/c1-29-17-7-5-8-18(30-2)20(17)21(28)27-23(31)25-13-10-11-15(24)14(12-13)22-26-16-6-3-4-9-19(16)32-22/h3-12H,1-2H3,(H2,25,27,28,31). The quantitative estimate of drug-likeness (QED) is 0.351. The second-order valence-electron chi connectivity index (χ2n) is 6.63. The molecule has 1 aromatic heterocycles. The number of hydrogen-bond acceptors (Lipinski definition) is 6. The number of thiocarbonyl (C=S) groups is 1. The highest BCUT2D eigenvalue weighted by atomic mass is 35.5. The van der Waals surface area contributed by atoms with Gasteiger partial charge in [0.2, 0.25) is 0 Å². The molecule has 0 aliphatic heterocycles. The fourth-order valence-electron chi connectivity index (χ4n) is 3.16. The van der Waals surface area contributed by atoms with E-state index in [2.05, 4.69) is 15.6 Å². The summed E-state index contributed by atoms with van der Waals surface area (Å²) in [5.41, 5.74) is 2.61. The van der Waals surface area contributed by atoms with Crippen molar-refractivity contribution in [2.24, 2.45) is 0 Å². The van der Waals surface area contributed by atoms with Gasteiger partial charge in [0.05, 0.1) is 29.5 Å². The molecule has 1 amide bonds. The third kappa shape index (κ3) is 4.52. The van der Waals surface area contributed by atoms with Gasteiger partial charge in [-0.1, -0.05) is 29.8 Å². The number of thiazole rings is 1. The monoisotopic (exact) mass is 483 g/mol. The fourth-order valence-corrected chi connectivity index (χ4v) is 4.63. The van der Waals surface area contributed by atoms with Crippen LogP contribution in [0.5, 0.6) is 11.5 Å². The smallest absolute Gasteiger partial charge is 0.264 e. The summed E-state index contributed by atoms with van der Waals surface area (Å²) in [5.74, 6) is 0.320. The molecule has 3 aromatic carbocycles. The number of aromatic nitrogens is 1. The lowest BCUT2D eigenvalue weighted by atomic mass is 10.1. The number of nitrogens with one attached hydrogen (secondary N) is 2. The molecule has 0 bridgehead atoms. The minimum Gasteiger partial charge on any atom is -0.496 e. The minimum absolute atomic E-state index is 0.125. The van der Waals surface area contributed by atoms with Gasteiger partial charge in [-0.15, -0.1) is 11.3 Å². The molecule has 4 aromatic rings. The Bertz CT molecular complexity index is 1270. The van der Waals surface area contributed by atoms with E-state index >= 15 is 0 Å². The molecule has 6 nitrogen and oxygen atoms in total. The number of nitrogens with zero attached hydrogens (tertiary/aromatic N) is 1. The Morgan fingerprint density at radius 1 is 1.03 bits per heavy atom. The van der Waals surface area contributed by atoms with E-state index in [1.54, 1.807) is 41.7 Å². The zero-order chi connectivity index (χ0) is 22.7. The highest BCUT2D eigenvalue weighted by molar-refractivity contribution is 7.80. The molecular formula is C23H18ClN3O3S2. The molecule has 0 saturated carbocycles. The van der Waals surface area contributed by atoms with Crippen LogP contribution in [0, 0.1) is 0 Å². The van der Waals surface area contributed by atoms with Crippen LogP contribution in [-0.4, -0.2) is 30.2 Å². The zero-order valence-electron chi connectivity index (χ0n) is 17.1. The van der Waals surface area contributed by atoms with Crippen molar-refractivity contribution in [2.75, 3.05) is 19.5 Å². The number of halogens is 1. The maximum absolute atomic E-state index is 12.8. The van der Waals surface area contributed by atoms with Crippen molar-refractivity contribution in [1.82, 2.24) is 10.3 Å². The maximum Gasteiger partial charge on any atom is 0.264 e. The van der Waals surface area contributed by atoms with Crippen LogP contribution < -0.4 is 20.1 Å². The van der Waals surface area contributed by atoms with Gasteiger partial charge in [-0.05, 0) is 54.7 Å². The van der Waals surface area contributed by atoms with Crippen molar-refractivity contribution < 1.29 is 14.3 Å². The lowest BCUT2D eigenvalue weighted by Crippen LogP contribution is -2.34. The van der Waals surface area contributed by atoms with Gasteiger partial charge in [-0.3, -0.25) is 10.1 Å². The van der Waals surface area contributed by atoms with Gasteiger partial charge in [0, 0.05) is 11.3 Å². The number of methoxy groups -OCH3 is 2. The van der Waals surface area contributed by atoms with Crippen molar-refractivity contribution >= 4 is 62.1 Å². The summed E-state index contributed by atoms with van der Waals surface area (Å²) in [6.45, 7) is 0. The number of benzene rings is 3. The molecule has 4 rings (SSSR count). The Morgan fingerprint density at radius 2 is 1.75 bits per heavy atom. The van der Waals surface area contributed by atoms with Crippen LogP contribution in [0.15, 0.2) is 60.7 Å². The number of rotatable bonds is 5. The lowest BCUT2D eigenvalue weighted by molar-refractivity contribution is 0.0971. The van der Waals surface area contributed by atoms with Gasteiger partial charge in [-0.2, -0.15) is 0 Å². The maximum atomic E-state index is 12.8. The molecule has 0 aliphatic carbocycles. The average molecular weight is 484 g/mol. The van der Waals surface area contributed by atoms with E-state index < -0.39 is 5.91 Å². The SMILES string of the molecule is COc1cccc(OC)c1C(=O)NC(=S)Nc1ccc(Cl)c(-c2nc3ccccc3s2)c1. The van der Waals surface area contributed by atoms with Crippen LogP contribution in [-0.2, 0) is 0 Å². The molecule has 0 saturated heterocycles. The predicted molar refractivity (Wildman–Crippen MR) is 133 cm³/mol. The number of ether oxygens (including phenoxy) is 2. The first-order valence-corrected chi connectivity index (χ1v) is 11.1. The number of fused-ring (bicyclic) bond motifs is 1. The number of anilines is 1. The number of carbonyl (C=O) groups is 1. The average Bonchev–Trinajstić information content (AvgIpc) is 3.23. The summed E-state index contributed by atoms with van der Waals surface area (Å²) < 4.78 is 11.6. The number of para-hydroxylation sites is 1. The van der Waals surface area contributed by atoms with Gasteiger partial charge in [0.25, 0.3) is 5.91 Å². The second-order valence-corrected chi connectivity index (χ2v) is 8.47. The molecule has 32 heavy (non-hydrogen) atoms. The van der Waals surface area contributed by atoms with Crippen LogP contribution >= 0.6 is 35.2 Å². The summed E-state index contributed by atoms with van der Waals surface area (Å²) >= 11 is 13.3. The van der Waals surface area contributed by atoms with Crippen molar-refractivity contribution in [3.63, 3.8) is 0 Å². The summed E-state index contributed by atoms with van der Waals surface area (Å²) in [6, 6.07) is 18.4. The van der Waals surface area contributed by atoms with Crippen LogP contribution in [0.2, 0.25) is 5.02 Å². The van der Waals surface area contributed by atoms with E-state index in [0.717, 1.165) is 20.8 Å². The van der Waals surface area contributed by atoms with E-state index in [0.29, 0.717) is 22.2 Å². The first kappa shape index (κ1) is 22.0. The van der Waals surface area contributed by atoms with Gasteiger partial charge in [0.15, 0.2) is 5.11 Å². The van der Waals surface area contributed by atoms with Crippen LogP contribution in [0.25, 0.3) is 20.8 Å². The van der Waals surface area contributed by atoms with E-state index in [4.69, 9.17) is 33.3 Å². The van der Waals surface area contributed by atoms with Gasteiger partial charge in [-0.25, -0.2) is 4.98 Å². The third-order valence-corrected chi connectivity index (χ3v) is 6.23. The molecule has 162 valence electrons. The van der Waals surface area contributed by atoms with Gasteiger partial charge >= 0.3 is 0 Å². The Morgan fingerprint density at radius 3 is 2.44 bits per heavy atom. The predicted octanol–water partition coefficient (Wildman–Crippen LogP) is 5.76. The number of hydrogen-bond donors (Lipinski definition) is 2. The number of carbonyl (C=O) groups excluding carboxylic acids is 1. The lowest BCUT2D eigenvalue weighted by Gasteiger charge is -2.14. The van der Waals surface area contributed by atoms with Gasteiger partial charge in [0.1, 0.15) is 22.1 Å². The summed E-state index contributed by atoms with van der Waals surface area (Å²) in [4.78, 5) is 17.5. The van der Waals surface area contributed by atoms with Crippen LogP contribution in [0.4, 0.5) is 5.69 Å². The molecule has 0 radical (unpaired) electrons. The Hall–Kier alpha value is -3.20. The van der Waals surface area contributed by atoms with Crippen molar-refractivity contribution in [1.29, 1.82) is 0 Å². The molecule has 1 heterocycles. The Kier molecular flexibility index (Phi) is 6.55. The largest absolute Gasteiger partial charge is 0.496 e. The van der Waals surface area contributed by atoms with Crippen molar-refractivity contribution in [2.45, 2.75) is 0 Å². The van der Waals surface area contributed by atoms with Crippen LogP contribution in [0.3, 0.4) is 0 Å². The normalized spacial score (nSPS) is 10.6. The highest BCUT2D eigenvalue weighted by Gasteiger charge is 2.19. The van der Waals surface area contributed by atoms with Gasteiger partial charge < -0.3 is 14.8 Å². The molecule has 0 aliphatic rings. The molecule has 0 unspecified atom stereocenters. The topological polar surface area (TPSA) is 72.5 Å². The zero-order valence-corrected chi connectivity index (χ0v) is 19.5.